The topological polar surface area (TPSA) is 67.9 Å². The Balaban J connectivity index is 1.50. The van der Waals surface area contributed by atoms with Crippen LogP contribution in [0.3, 0.4) is 0 Å². The Kier molecular flexibility index (Phi) is 8.13. The van der Waals surface area contributed by atoms with Crippen LogP contribution in [0.15, 0.2) is 35.7 Å². The Labute approximate surface area is 182 Å². The molecule has 1 fully saturated rings. The highest BCUT2D eigenvalue weighted by molar-refractivity contribution is 7.12. The maximum Gasteiger partial charge on any atom is 0.263 e. The van der Waals surface area contributed by atoms with E-state index in [0.717, 1.165) is 34.8 Å². The average Bonchev–Trinajstić information content (AvgIpc) is 3.30. The number of hydrogen-bond acceptors (Lipinski definition) is 5. The normalized spacial score (nSPS) is 16.2. The van der Waals surface area contributed by atoms with Gasteiger partial charge < -0.3 is 19.7 Å². The number of nitrogens with zero attached hydrogens (tertiary/aromatic N) is 1. The number of rotatable bonds is 9. The fourth-order valence-electron chi connectivity index (χ4n) is 3.66. The number of nitrogens with one attached hydrogen (secondary N) is 1. The molecule has 1 aromatic carbocycles. The zero-order valence-corrected chi connectivity index (χ0v) is 18.5. The van der Waals surface area contributed by atoms with Crippen molar-refractivity contribution in [3.63, 3.8) is 0 Å². The first-order valence-electron chi connectivity index (χ1n) is 10.6. The first-order valence-corrected chi connectivity index (χ1v) is 11.5. The molecule has 1 aromatic heterocycles. The van der Waals surface area contributed by atoms with Crippen LogP contribution in [0.4, 0.5) is 0 Å². The summed E-state index contributed by atoms with van der Waals surface area (Å²) in [7, 11) is 0. The molecule has 30 heavy (non-hydrogen) atoms. The predicted molar refractivity (Wildman–Crippen MR) is 118 cm³/mol. The van der Waals surface area contributed by atoms with Crippen molar-refractivity contribution in [2.45, 2.75) is 33.1 Å². The van der Waals surface area contributed by atoms with Gasteiger partial charge in [-0.2, -0.15) is 0 Å². The van der Waals surface area contributed by atoms with Gasteiger partial charge in [-0.05, 0) is 62.3 Å². The molecule has 0 radical (unpaired) electrons. The van der Waals surface area contributed by atoms with Gasteiger partial charge in [0.15, 0.2) is 11.5 Å². The molecule has 1 N–H and O–H groups in total. The van der Waals surface area contributed by atoms with Crippen LogP contribution in [0.1, 0.15) is 41.9 Å². The van der Waals surface area contributed by atoms with Crippen molar-refractivity contribution in [1.82, 2.24) is 10.2 Å². The number of carbonyl (C=O) groups is 2. The predicted octanol–water partition coefficient (Wildman–Crippen LogP) is 3.76. The van der Waals surface area contributed by atoms with Gasteiger partial charge >= 0.3 is 0 Å². The largest absolute Gasteiger partial charge is 0.490 e. The molecule has 0 spiro atoms. The highest BCUT2D eigenvalue weighted by atomic mass is 32.1. The van der Waals surface area contributed by atoms with E-state index in [4.69, 9.17) is 9.47 Å². The van der Waals surface area contributed by atoms with E-state index in [9.17, 15) is 9.59 Å². The molecule has 0 bridgehead atoms. The lowest BCUT2D eigenvalue weighted by molar-refractivity contribution is -0.126. The minimum absolute atomic E-state index is 0.0228. The molecule has 2 aromatic rings. The summed E-state index contributed by atoms with van der Waals surface area (Å²) in [5.41, 5.74) is 1.08. The SMILES string of the molecule is CCOc1ccc(CCNC(=O)C2CCCN(C(=O)c3cccs3)C2)cc1OCC. The quantitative estimate of drug-likeness (QED) is 0.658. The Morgan fingerprint density at radius 1 is 1.17 bits per heavy atom. The van der Waals surface area contributed by atoms with Crippen LogP contribution in [0.2, 0.25) is 0 Å². The van der Waals surface area contributed by atoms with Crippen molar-refractivity contribution in [1.29, 1.82) is 0 Å². The third-order valence-electron chi connectivity index (χ3n) is 5.13. The van der Waals surface area contributed by atoms with E-state index in [-0.39, 0.29) is 17.7 Å². The fourth-order valence-corrected chi connectivity index (χ4v) is 4.35. The molecule has 1 aliphatic heterocycles. The van der Waals surface area contributed by atoms with E-state index in [2.05, 4.69) is 5.32 Å². The number of thiophene rings is 1. The van der Waals surface area contributed by atoms with E-state index >= 15 is 0 Å². The standard InChI is InChI=1S/C23H30N2O4S/c1-3-28-19-10-9-17(15-20(19)29-4-2)11-12-24-22(26)18-7-5-13-25(16-18)23(27)21-8-6-14-30-21/h6,8-10,14-15,18H,3-5,7,11-13,16H2,1-2H3,(H,24,26). The molecule has 2 heterocycles. The number of piperidine rings is 1. The molecule has 1 aliphatic rings. The lowest BCUT2D eigenvalue weighted by Gasteiger charge is -2.31. The van der Waals surface area contributed by atoms with Crippen LogP contribution in [0.5, 0.6) is 11.5 Å². The minimum atomic E-state index is -0.151. The van der Waals surface area contributed by atoms with E-state index in [1.807, 2.05) is 49.6 Å². The van der Waals surface area contributed by atoms with Gasteiger partial charge in [-0.3, -0.25) is 9.59 Å². The summed E-state index contributed by atoms with van der Waals surface area (Å²) < 4.78 is 11.3. The smallest absolute Gasteiger partial charge is 0.263 e. The summed E-state index contributed by atoms with van der Waals surface area (Å²) in [5.74, 6) is 1.37. The molecular formula is C23H30N2O4S. The van der Waals surface area contributed by atoms with Crippen molar-refractivity contribution >= 4 is 23.2 Å². The lowest BCUT2D eigenvalue weighted by atomic mass is 9.97. The second-order valence-electron chi connectivity index (χ2n) is 7.26. The highest BCUT2D eigenvalue weighted by Crippen LogP contribution is 2.28. The number of benzene rings is 1. The number of ether oxygens (including phenoxy) is 2. The third kappa shape index (κ3) is 5.75. The monoisotopic (exact) mass is 430 g/mol. The van der Waals surface area contributed by atoms with E-state index in [1.54, 1.807) is 4.90 Å². The maximum absolute atomic E-state index is 12.7. The average molecular weight is 431 g/mol. The van der Waals surface area contributed by atoms with E-state index in [0.29, 0.717) is 39.3 Å². The summed E-state index contributed by atoms with van der Waals surface area (Å²) in [5, 5.41) is 4.94. The molecule has 1 unspecified atom stereocenters. The second-order valence-corrected chi connectivity index (χ2v) is 8.20. The van der Waals surface area contributed by atoms with Crippen molar-refractivity contribution in [2.75, 3.05) is 32.8 Å². The molecule has 2 amide bonds. The Hall–Kier alpha value is -2.54. The van der Waals surface area contributed by atoms with Gasteiger partial charge in [0.1, 0.15) is 0 Å². The summed E-state index contributed by atoms with van der Waals surface area (Å²) in [6, 6.07) is 9.61. The zero-order valence-electron chi connectivity index (χ0n) is 17.7. The van der Waals surface area contributed by atoms with Crippen LogP contribution < -0.4 is 14.8 Å². The van der Waals surface area contributed by atoms with Gasteiger partial charge in [-0.15, -0.1) is 11.3 Å². The second kappa shape index (κ2) is 11.0. The summed E-state index contributed by atoms with van der Waals surface area (Å²) >= 11 is 1.44. The highest BCUT2D eigenvalue weighted by Gasteiger charge is 2.29. The van der Waals surface area contributed by atoms with Gasteiger partial charge in [0, 0.05) is 19.6 Å². The number of carbonyl (C=O) groups excluding carboxylic acids is 2. The maximum atomic E-state index is 12.7. The van der Waals surface area contributed by atoms with Crippen molar-refractivity contribution < 1.29 is 19.1 Å². The number of amides is 2. The van der Waals surface area contributed by atoms with Crippen LogP contribution in [0.25, 0.3) is 0 Å². The molecule has 7 heteroatoms. The van der Waals surface area contributed by atoms with Gasteiger partial charge in [0.05, 0.1) is 24.0 Å². The van der Waals surface area contributed by atoms with Gasteiger partial charge in [-0.25, -0.2) is 0 Å². The van der Waals surface area contributed by atoms with E-state index in [1.165, 1.54) is 11.3 Å². The minimum Gasteiger partial charge on any atom is -0.490 e. The van der Waals surface area contributed by atoms with Gasteiger partial charge in [0.2, 0.25) is 5.91 Å². The number of hydrogen-bond donors (Lipinski definition) is 1. The molecule has 0 aliphatic carbocycles. The molecule has 6 nitrogen and oxygen atoms in total. The molecule has 1 atom stereocenters. The Bertz CT molecular complexity index is 838. The number of likely N-dealkylation sites (tertiary alicyclic amines) is 1. The molecule has 3 rings (SSSR count). The van der Waals surface area contributed by atoms with E-state index < -0.39 is 0 Å². The summed E-state index contributed by atoms with van der Waals surface area (Å²) in [6.45, 7) is 6.80. The Morgan fingerprint density at radius 3 is 2.70 bits per heavy atom. The van der Waals surface area contributed by atoms with Crippen molar-refractivity contribution in [3.05, 3.63) is 46.2 Å². The lowest BCUT2D eigenvalue weighted by Crippen LogP contribution is -2.45. The Morgan fingerprint density at radius 2 is 1.97 bits per heavy atom. The summed E-state index contributed by atoms with van der Waals surface area (Å²) in [4.78, 5) is 27.8. The van der Waals surface area contributed by atoms with Crippen LogP contribution in [0, 0.1) is 5.92 Å². The molecular weight excluding hydrogens is 400 g/mol. The van der Waals surface area contributed by atoms with Crippen molar-refractivity contribution in [3.8, 4) is 11.5 Å². The molecule has 162 valence electrons. The van der Waals surface area contributed by atoms with Crippen LogP contribution in [-0.4, -0.2) is 49.6 Å². The van der Waals surface area contributed by atoms with Gasteiger partial charge in [0.25, 0.3) is 5.91 Å². The molecule has 1 saturated heterocycles. The third-order valence-corrected chi connectivity index (χ3v) is 5.99. The first-order chi connectivity index (χ1) is 14.6. The zero-order chi connectivity index (χ0) is 21.3. The fraction of sp³-hybridized carbons (Fsp3) is 0.478. The van der Waals surface area contributed by atoms with Crippen molar-refractivity contribution in [2.24, 2.45) is 5.92 Å². The summed E-state index contributed by atoms with van der Waals surface area (Å²) in [6.07, 6.45) is 2.38. The van der Waals surface area contributed by atoms with Crippen LogP contribution >= 0.6 is 11.3 Å². The first kappa shape index (κ1) is 22.2. The molecule has 0 saturated carbocycles. The van der Waals surface area contributed by atoms with Gasteiger partial charge in [-0.1, -0.05) is 12.1 Å². The van der Waals surface area contributed by atoms with Crippen LogP contribution in [-0.2, 0) is 11.2 Å².